The topological polar surface area (TPSA) is 67.4 Å². The van der Waals surface area contributed by atoms with E-state index in [-0.39, 0.29) is 0 Å². The van der Waals surface area contributed by atoms with Crippen LogP contribution in [-0.4, -0.2) is 78.1 Å². The van der Waals surface area contributed by atoms with Crippen LogP contribution in [0.3, 0.4) is 0 Å². The van der Waals surface area contributed by atoms with E-state index in [1.807, 2.05) is 19.2 Å². The van der Waals surface area contributed by atoms with Crippen molar-refractivity contribution < 1.29 is 14.2 Å². The number of unbranched alkanes of at least 4 members (excludes halogenated alkanes) is 1. The van der Waals surface area contributed by atoms with Gasteiger partial charge >= 0.3 is 0 Å². The molecule has 1 fully saturated rings. The summed E-state index contributed by atoms with van der Waals surface area (Å²) in [4.78, 5) is 6.98. The second-order valence-corrected chi connectivity index (χ2v) is 7.58. The van der Waals surface area contributed by atoms with E-state index >= 15 is 0 Å². The van der Waals surface area contributed by atoms with Crippen LogP contribution in [0, 0.1) is 0 Å². The number of ether oxygens (including phenoxy) is 3. The molecule has 0 spiro atoms. The zero-order valence-corrected chi connectivity index (χ0v) is 19.0. The van der Waals surface area contributed by atoms with Crippen LogP contribution in [0.2, 0.25) is 0 Å². The normalized spacial score (nSPS) is 16.3. The molecular formula is C23H40N4O3. The third-order valence-electron chi connectivity index (χ3n) is 5.46. The van der Waals surface area contributed by atoms with Gasteiger partial charge in [-0.2, -0.15) is 0 Å². The fraction of sp³-hybridized carbons (Fsp3) is 0.696. The number of rotatable bonds is 13. The highest BCUT2D eigenvalue weighted by Crippen LogP contribution is 2.25. The highest BCUT2D eigenvalue weighted by atomic mass is 16.5. The van der Waals surface area contributed by atoms with Gasteiger partial charge in [-0.1, -0.05) is 18.6 Å². The average molecular weight is 421 g/mol. The molecule has 30 heavy (non-hydrogen) atoms. The van der Waals surface area contributed by atoms with Crippen LogP contribution in [0.4, 0.5) is 0 Å². The second kappa shape index (κ2) is 15.0. The molecule has 0 radical (unpaired) electrons. The molecule has 0 amide bonds. The molecule has 0 aliphatic carbocycles. The van der Waals surface area contributed by atoms with E-state index < -0.39 is 0 Å². The highest BCUT2D eigenvalue weighted by molar-refractivity contribution is 5.79. The Bertz CT molecular complexity index is 589. The Hall–Kier alpha value is -1.83. The summed E-state index contributed by atoms with van der Waals surface area (Å²) in [6.07, 6.45) is 5.94. The molecule has 2 N–H and O–H groups in total. The van der Waals surface area contributed by atoms with Crippen LogP contribution in [0.25, 0.3) is 0 Å². The Labute approximate surface area is 182 Å². The Morgan fingerprint density at radius 2 is 1.77 bits per heavy atom. The third-order valence-corrected chi connectivity index (χ3v) is 5.46. The maximum absolute atomic E-state index is 5.51. The van der Waals surface area contributed by atoms with Gasteiger partial charge in [-0.3, -0.25) is 9.89 Å². The van der Waals surface area contributed by atoms with Gasteiger partial charge in [0.15, 0.2) is 5.96 Å². The number of benzene rings is 1. The van der Waals surface area contributed by atoms with Gasteiger partial charge in [0.2, 0.25) is 0 Å². The lowest BCUT2D eigenvalue weighted by Crippen LogP contribution is -2.44. The maximum atomic E-state index is 5.51. The monoisotopic (exact) mass is 420 g/mol. The minimum atomic E-state index is 0.323. The summed E-state index contributed by atoms with van der Waals surface area (Å²) in [5.74, 6) is 1.75. The molecule has 0 bridgehead atoms. The van der Waals surface area contributed by atoms with Crippen molar-refractivity contribution in [3.05, 3.63) is 29.8 Å². The Kier molecular flexibility index (Phi) is 12.3. The van der Waals surface area contributed by atoms with Crippen molar-refractivity contribution in [2.45, 2.75) is 38.1 Å². The van der Waals surface area contributed by atoms with Crippen LogP contribution in [-0.2, 0) is 9.47 Å². The number of guanidine groups is 1. The molecule has 0 saturated carbocycles. The van der Waals surface area contributed by atoms with Gasteiger partial charge in [-0.25, -0.2) is 0 Å². The number of hydrogen-bond acceptors (Lipinski definition) is 5. The highest BCUT2D eigenvalue weighted by Gasteiger charge is 2.22. The fourth-order valence-electron chi connectivity index (χ4n) is 3.71. The molecule has 0 aromatic heterocycles. The minimum Gasteiger partial charge on any atom is -0.497 e. The fourth-order valence-corrected chi connectivity index (χ4v) is 3.71. The van der Waals surface area contributed by atoms with Crippen molar-refractivity contribution >= 4 is 5.96 Å². The molecule has 2 rings (SSSR count). The first-order chi connectivity index (χ1) is 14.8. The summed E-state index contributed by atoms with van der Waals surface area (Å²) in [6.45, 7) is 6.08. The first-order valence-corrected chi connectivity index (χ1v) is 11.2. The van der Waals surface area contributed by atoms with Gasteiger partial charge in [-0.05, 0) is 56.5 Å². The summed E-state index contributed by atoms with van der Waals surface area (Å²) in [6, 6.07) is 8.78. The molecule has 1 aliphatic rings. The van der Waals surface area contributed by atoms with Crippen molar-refractivity contribution in [2.24, 2.45) is 4.99 Å². The Balaban J connectivity index is 1.80. The van der Waals surface area contributed by atoms with Gasteiger partial charge in [0.05, 0.1) is 26.4 Å². The summed E-state index contributed by atoms with van der Waals surface area (Å²) in [5.41, 5.74) is 1.31. The zero-order chi connectivity index (χ0) is 21.4. The number of likely N-dealkylation sites (tertiary alicyclic amines) is 1. The van der Waals surface area contributed by atoms with Crippen LogP contribution >= 0.6 is 0 Å². The smallest absolute Gasteiger partial charge is 0.191 e. The third kappa shape index (κ3) is 8.90. The van der Waals surface area contributed by atoms with Gasteiger partial charge in [0, 0.05) is 33.9 Å². The van der Waals surface area contributed by atoms with Gasteiger partial charge in [0.1, 0.15) is 5.75 Å². The average Bonchev–Trinajstić information content (AvgIpc) is 2.80. The molecule has 1 aromatic carbocycles. The van der Waals surface area contributed by atoms with E-state index in [4.69, 9.17) is 14.2 Å². The molecule has 1 aromatic rings. The second-order valence-electron chi connectivity index (χ2n) is 7.58. The standard InChI is InChI=1S/C23H40N4O3/c1-24-23(25-13-5-8-16-30-18-17-28-2)26-19-22(27-14-6-4-7-15-27)20-9-11-21(29-3)12-10-20/h9-12,22H,4-8,13-19H2,1-3H3,(H2,24,25,26). The van der Waals surface area contributed by atoms with Crippen molar-refractivity contribution in [1.82, 2.24) is 15.5 Å². The quantitative estimate of drug-likeness (QED) is 0.291. The number of hydrogen-bond donors (Lipinski definition) is 2. The molecule has 1 atom stereocenters. The number of nitrogens with zero attached hydrogens (tertiary/aromatic N) is 2. The lowest BCUT2D eigenvalue weighted by atomic mass is 10.0. The first kappa shape index (κ1) is 24.4. The summed E-state index contributed by atoms with van der Waals surface area (Å²) < 4.78 is 15.8. The van der Waals surface area contributed by atoms with Gasteiger partial charge in [0.25, 0.3) is 0 Å². The van der Waals surface area contributed by atoms with E-state index in [1.54, 1.807) is 14.2 Å². The molecule has 1 aliphatic heterocycles. The number of nitrogens with one attached hydrogen (secondary N) is 2. The number of aliphatic imine (C=N–C) groups is 1. The molecule has 1 saturated heterocycles. The number of methoxy groups -OCH3 is 2. The van der Waals surface area contributed by atoms with Crippen LogP contribution in [0.1, 0.15) is 43.7 Å². The molecule has 7 heteroatoms. The van der Waals surface area contributed by atoms with Gasteiger partial charge < -0.3 is 24.8 Å². The summed E-state index contributed by atoms with van der Waals surface area (Å²) >= 11 is 0. The van der Waals surface area contributed by atoms with Crippen molar-refractivity contribution in [3.8, 4) is 5.75 Å². The molecule has 7 nitrogen and oxygen atoms in total. The first-order valence-electron chi connectivity index (χ1n) is 11.2. The SMILES string of the molecule is CN=C(NCCCCOCCOC)NCC(c1ccc(OC)cc1)N1CCCCC1. The zero-order valence-electron chi connectivity index (χ0n) is 19.0. The minimum absolute atomic E-state index is 0.323. The van der Waals surface area contributed by atoms with Crippen LogP contribution in [0.15, 0.2) is 29.3 Å². The van der Waals surface area contributed by atoms with Crippen molar-refractivity contribution in [2.75, 3.05) is 67.3 Å². The predicted octanol–water partition coefficient (Wildman–Crippen LogP) is 2.83. The Morgan fingerprint density at radius 1 is 1.00 bits per heavy atom. The summed E-state index contributed by atoms with van der Waals surface area (Å²) in [7, 11) is 5.23. The largest absolute Gasteiger partial charge is 0.497 e. The van der Waals surface area contributed by atoms with E-state index in [1.165, 1.54) is 24.8 Å². The van der Waals surface area contributed by atoms with Crippen LogP contribution in [0.5, 0.6) is 5.75 Å². The molecule has 1 heterocycles. The lowest BCUT2D eigenvalue weighted by Gasteiger charge is -2.35. The van der Waals surface area contributed by atoms with E-state index in [2.05, 4.69) is 32.7 Å². The van der Waals surface area contributed by atoms with Crippen molar-refractivity contribution in [3.63, 3.8) is 0 Å². The van der Waals surface area contributed by atoms with E-state index in [0.29, 0.717) is 19.3 Å². The molecule has 170 valence electrons. The molecular weight excluding hydrogens is 380 g/mol. The lowest BCUT2D eigenvalue weighted by molar-refractivity contribution is 0.0689. The van der Waals surface area contributed by atoms with Gasteiger partial charge in [-0.15, -0.1) is 0 Å². The number of piperidine rings is 1. The Morgan fingerprint density at radius 3 is 2.43 bits per heavy atom. The van der Waals surface area contributed by atoms with E-state index in [9.17, 15) is 0 Å². The summed E-state index contributed by atoms with van der Waals surface area (Å²) in [5, 5.41) is 6.95. The van der Waals surface area contributed by atoms with Crippen molar-refractivity contribution in [1.29, 1.82) is 0 Å². The molecule has 1 unspecified atom stereocenters. The van der Waals surface area contributed by atoms with Crippen LogP contribution < -0.4 is 15.4 Å². The van der Waals surface area contributed by atoms with E-state index in [0.717, 1.165) is 57.3 Å². The predicted molar refractivity (Wildman–Crippen MR) is 122 cm³/mol. The maximum Gasteiger partial charge on any atom is 0.191 e.